The Kier molecular flexibility index (Phi) is 5.84. The zero-order chi connectivity index (χ0) is 14.7. The first-order valence-electron chi connectivity index (χ1n) is 6.73. The van der Waals surface area contributed by atoms with E-state index >= 15 is 0 Å². The van der Waals surface area contributed by atoms with Gasteiger partial charge in [0.05, 0.1) is 0 Å². The summed E-state index contributed by atoms with van der Waals surface area (Å²) in [6, 6.07) is 11.4. The second-order valence-electron chi connectivity index (χ2n) is 5.29. The molecule has 2 rings (SSSR count). The molecule has 0 saturated heterocycles. The van der Waals surface area contributed by atoms with Gasteiger partial charge in [-0.2, -0.15) is 0 Å². The van der Waals surface area contributed by atoms with Crippen molar-refractivity contribution in [2.75, 3.05) is 0 Å². The fourth-order valence-corrected chi connectivity index (χ4v) is 4.63. The van der Waals surface area contributed by atoms with Gasteiger partial charge in [-0.1, -0.05) is 57.8 Å². The van der Waals surface area contributed by atoms with Gasteiger partial charge in [0.1, 0.15) is 0 Å². The molecular formula is C16H19Br2NS. The number of hydrogen-bond acceptors (Lipinski definition) is 2. The average Bonchev–Trinajstić information content (AvgIpc) is 2.88. The van der Waals surface area contributed by atoms with Crippen LogP contribution in [0.25, 0.3) is 0 Å². The average molecular weight is 417 g/mol. The molecule has 108 valence electrons. The van der Waals surface area contributed by atoms with Crippen LogP contribution in [-0.2, 0) is 0 Å². The zero-order valence-corrected chi connectivity index (χ0v) is 15.8. The standard InChI is InChI=1S/C16H19Br2NS/c1-10(2)16(15-5-4-8-20-15)19-11(3)13-7-6-12(17)9-14(13)18/h4-11,16,19H,1-3H3. The predicted octanol–water partition coefficient (Wildman–Crippen LogP) is 6.32. The molecular weight excluding hydrogens is 398 g/mol. The fraction of sp³-hybridized carbons (Fsp3) is 0.375. The molecule has 1 nitrogen and oxygen atoms in total. The number of rotatable bonds is 5. The number of halogens is 2. The highest BCUT2D eigenvalue weighted by atomic mass is 79.9. The molecule has 1 N–H and O–H groups in total. The first-order chi connectivity index (χ1) is 9.49. The van der Waals surface area contributed by atoms with E-state index in [1.165, 1.54) is 10.4 Å². The SMILES string of the molecule is CC(NC(c1cccs1)C(C)C)c1ccc(Br)cc1Br. The van der Waals surface area contributed by atoms with Crippen LogP contribution in [0.3, 0.4) is 0 Å². The monoisotopic (exact) mass is 415 g/mol. The Bertz CT molecular complexity index is 552. The predicted molar refractivity (Wildman–Crippen MR) is 95.3 cm³/mol. The molecule has 1 aromatic heterocycles. The third-order valence-corrected chi connectivity index (χ3v) is 5.51. The smallest absolute Gasteiger partial charge is 0.0442 e. The lowest BCUT2D eigenvalue weighted by Gasteiger charge is -2.26. The van der Waals surface area contributed by atoms with Gasteiger partial charge in [0, 0.05) is 25.9 Å². The molecule has 2 aromatic rings. The van der Waals surface area contributed by atoms with Crippen molar-refractivity contribution in [3.63, 3.8) is 0 Å². The van der Waals surface area contributed by atoms with E-state index in [0.717, 1.165) is 8.95 Å². The van der Waals surface area contributed by atoms with E-state index in [0.29, 0.717) is 18.0 Å². The van der Waals surface area contributed by atoms with E-state index in [1.807, 2.05) is 11.3 Å². The normalized spacial score (nSPS) is 14.5. The lowest BCUT2D eigenvalue weighted by Crippen LogP contribution is -2.28. The maximum Gasteiger partial charge on any atom is 0.0442 e. The van der Waals surface area contributed by atoms with Gasteiger partial charge in [-0.15, -0.1) is 11.3 Å². The molecule has 0 amide bonds. The molecule has 2 unspecified atom stereocenters. The highest BCUT2D eigenvalue weighted by Gasteiger charge is 2.20. The van der Waals surface area contributed by atoms with Crippen molar-refractivity contribution < 1.29 is 0 Å². The Morgan fingerprint density at radius 2 is 1.85 bits per heavy atom. The number of nitrogens with one attached hydrogen (secondary N) is 1. The van der Waals surface area contributed by atoms with Crippen molar-refractivity contribution in [2.24, 2.45) is 5.92 Å². The molecule has 0 spiro atoms. The molecule has 0 aliphatic rings. The molecule has 0 aliphatic heterocycles. The van der Waals surface area contributed by atoms with Crippen molar-refractivity contribution >= 4 is 43.2 Å². The van der Waals surface area contributed by atoms with Crippen LogP contribution in [0.2, 0.25) is 0 Å². The van der Waals surface area contributed by atoms with Crippen LogP contribution in [0, 0.1) is 5.92 Å². The number of hydrogen-bond donors (Lipinski definition) is 1. The van der Waals surface area contributed by atoms with E-state index in [4.69, 9.17) is 0 Å². The van der Waals surface area contributed by atoms with Gasteiger partial charge in [-0.3, -0.25) is 0 Å². The first kappa shape index (κ1) is 16.2. The van der Waals surface area contributed by atoms with E-state index in [1.54, 1.807) is 0 Å². The summed E-state index contributed by atoms with van der Waals surface area (Å²) < 4.78 is 2.24. The molecule has 0 saturated carbocycles. The summed E-state index contributed by atoms with van der Waals surface area (Å²) >= 11 is 8.98. The third kappa shape index (κ3) is 3.94. The summed E-state index contributed by atoms with van der Waals surface area (Å²) in [4.78, 5) is 1.40. The van der Waals surface area contributed by atoms with E-state index in [9.17, 15) is 0 Å². The summed E-state index contributed by atoms with van der Waals surface area (Å²) in [6.45, 7) is 6.75. The number of benzene rings is 1. The zero-order valence-electron chi connectivity index (χ0n) is 11.9. The van der Waals surface area contributed by atoms with Crippen molar-refractivity contribution in [3.8, 4) is 0 Å². The Morgan fingerprint density at radius 3 is 2.40 bits per heavy atom. The Morgan fingerprint density at radius 1 is 1.10 bits per heavy atom. The van der Waals surface area contributed by atoms with Gasteiger partial charge in [0.2, 0.25) is 0 Å². The summed E-state index contributed by atoms with van der Waals surface area (Å²) in [5, 5.41) is 5.91. The molecule has 1 aromatic carbocycles. The van der Waals surface area contributed by atoms with E-state index in [2.05, 4.69) is 93.7 Å². The summed E-state index contributed by atoms with van der Waals surface area (Å²) in [6.07, 6.45) is 0. The van der Waals surface area contributed by atoms with Crippen LogP contribution in [-0.4, -0.2) is 0 Å². The van der Waals surface area contributed by atoms with E-state index < -0.39 is 0 Å². The summed E-state index contributed by atoms with van der Waals surface area (Å²) in [5.74, 6) is 0.560. The molecule has 2 atom stereocenters. The topological polar surface area (TPSA) is 12.0 Å². The molecule has 0 bridgehead atoms. The minimum atomic E-state index is 0.298. The van der Waals surface area contributed by atoms with Crippen molar-refractivity contribution in [3.05, 3.63) is 55.1 Å². The third-order valence-electron chi connectivity index (χ3n) is 3.37. The summed E-state index contributed by atoms with van der Waals surface area (Å²) in [5.41, 5.74) is 1.29. The second kappa shape index (κ2) is 7.21. The van der Waals surface area contributed by atoms with Gasteiger partial charge in [-0.05, 0) is 42.0 Å². The van der Waals surface area contributed by atoms with Crippen LogP contribution < -0.4 is 5.32 Å². The molecule has 1 heterocycles. The maximum atomic E-state index is 3.76. The van der Waals surface area contributed by atoms with Crippen LogP contribution in [0.4, 0.5) is 0 Å². The largest absolute Gasteiger partial charge is 0.302 e. The highest BCUT2D eigenvalue weighted by molar-refractivity contribution is 9.11. The number of thiophene rings is 1. The molecule has 20 heavy (non-hydrogen) atoms. The minimum absolute atomic E-state index is 0.298. The molecule has 4 heteroatoms. The Balaban J connectivity index is 2.18. The Hall–Kier alpha value is -0.160. The fourth-order valence-electron chi connectivity index (χ4n) is 2.28. The lowest BCUT2D eigenvalue weighted by atomic mass is 10.00. The van der Waals surface area contributed by atoms with Crippen molar-refractivity contribution in [1.29, 1.82) is 0 Å². The molecule has 0 aliphatic carbocycles. The first-order valence-corrected chi connectivity index (χ1v) is 9.20. The van der Waals surface area contributed by atoms with Crippen molar-refractivity contribution in [1.82, 2.24) is 5.32 Å². The van der Waals surface area contributed by atoms with Crippen LogP contribution in [0.5, 0.6) is 0 Å². The maximum absolute atomic E-state index is 3.76. The highest BCUT2D eigenvalue weighted by Crippen LogP contribution is 2.32. The van der Waals surface area contributed by atoms with Crippen LogP contribution >= 0.6 is 43.2 Å². The Labute approximate surface area is 142 Å². The van der Waals surface area contributed by atoms with Gasteiger partial charge < -0.3 is 5.32 Å². The van der Waals surface area contributed by atoms with Crippen LogP contribution in [0.1, 0.15) is 43.3 Å². The quantitative estimate of drug-likeness (QED) is 0.601. The second-order valence-corrected chi connectivity index (χ2v) is 8.04. The van der Waals surface area contributed by atoms with Crippen molar-refractivity contribution in [2.45, 2.75) is 32.9 Å². The lowest BCUT2D eigenvalue weighted by molar-refractivity contribution is 0.379. The molecule has 0 fully saturated rings. The summed E-state index contributed by atoms with van der Waals surface area (Å²) in [7, 11) is 0. The molecule has 0 radical (unpaired) electrons. The van der Waals surface area contributed by atoms with Gasteiger partial charge in [0.25, 0.3) is 0 Å². The van der Waals surface area contributed by atoms with Crippen LogP contribution in [0.15, 0.2) is 44.7 Å². The van der Waals surface area contributed by atoms with Gasteiger partial charge in [-0.25, -0.2) is 0 Å². The van der Waals surface area contributed by atoms with E-state index in [-0.39, 0.29) is 0 Å². The van der Waals surface area contributed by atoms with Gasteiger partial charge in [0.15, 0.2) is 0 Å². The van der Waals surface area contributed by atoms with Gasteiger partial charge >= 0.3 is 0 Å². The minimum Gasteiger partial charge on any atom is -0.302 e.